The average Bonchev–Trinajstić information content (AvgIpc) is 3.17. The van der Waals surface area contributed by atoms with Crippen molar-refractivity contribution in [1.29, 1.82) is 0 Å². The highest BCUT2D eigenvalue weighted by Crippen LogP contribution is 2.30. The van der Waals surface area contributed by atoms with E-state index in [-0.39, 0.29) is 17.7 Å². The van der Waals surface area contributed by atoms with Crippen molar-refractivity contribution in [2.24, 2.45) is 0 Å². The first-order chi connectivity index (χ1) is 15.1. The van der Waals surface area contributed by atoms with Crippen LogP contribution in [0.15, 0.2) is 60.7 Å². The van der Waals surface area contributed by atoms with Gasteiger partial charge in [0.2, 0.25) is 0 Å². The lowest BCUT2D eigenvalue weighted by atomic mass is 9.96. The Hall–Kier alpha value is -3.39. The molecule has 0 amide bonds. The molecule has 0 N–H and O–H groups in total. The molecule has 6 nitrogen and oxygen atoms in total. The summed E-state index contributed by atoms with van der Waals surface area (Å²) in [5, 5.41) is 12.8. The number of halogens is 2. The molecule has 4 aromatic rings. The van der Waals surface area contributed by atoms with Crippen molar-refractivity contribution in [1.82, 2.24) is 24.7 Å². The Labute approximate surface area is 178 Å². The maximum Gasteiger partial charge on any atom is 0.178 e. The number of aryl methyl sites for hydroxylation is 1. The number of benzene rings is 2. The summed E-state index contributed by atoms with van der Waals surface area (Å²) in [6, 6.07) is 16.9. The summed E-state index contributed by atoms with van der Waals surface area (Å²) in [5.41, 5.74) is 2.70. The van der Waals surface area contributed by atoms with Crippen LogP contribution in [0, 0.1) is 18.6 Å². The molecule has 2 aromatic carbocycles. The number of fused-ring (bicyclic) bond motifs is 1. The van der Waals surface area contributed by atoms with Crippen molar-refractivity contribution in [2.75, 3.05) is 31.1 Å². The molecule has 0 spiro atoms. The molecule has 5 rings (SSSR count). The molecule has 1 fully saturated rings. The molecule has 3 heterocycles. The van der Waals surface area contributed by atoms with E-state index in [0.717, 1.165) is 54.6 Å². The highest BCUT2D eigenvalue weighted by Gasteiger charge is 2.27. The summed E-state index contributed by atoms with van der Waals surface area (Å²) in [7, 11) is 0. The smallest absolute Gasteiger partial charge is 0.178 e. The fourth-order valence-corrected chi connectivity index (χ4v) is 4.17. The molecule has 0 bridgehead atoms. The van der Waals surface area contributed by atoms with Crippen LogP contribution in [-0.2, 0) is 0 Å². The molecule has 0 aliphatic carbocycles. The molecule has 0 atom stereocenters. The van der Waals surface area contributed by atoms with Gasteiger partial charge in [0.05, 0.1) is 6.04 Å². The Kier molecular flexibility index (Phi) is 5.07. The standard InChI is InChI=1S/C23H22F2N6/c1-16-26-27-21-10-11-22(28-31(16)21)29-12-14-30(15-13-29)23(17-2-6-19(24)7-3-17)18-4-8-20(25)9-5-18/h2-11,23H,12-15H2,1H3. The van der Waals surface area contributed by atoms with Crippen molar-refractivity contribution in [3.8, 4) is 0 Å². The quantitative estimate of drug-likeness (QED) is 0.505. The summed E-state index contributed by atoms with van der Waals surface area (Å²) < 4.78 is 28.8. The normalized spacial score (nSPS) is 15.2. The van der Waals surface area contributed by atoms with Gasteiger partial charge in [0.15, 0.2) is 11.5 Å². The predicted molar refractivity (Wildman–Crippen MR) is 114 cm³/mol. The molecule has 1 saturated heterocycles. The zero-order chi connectivity index (χ0) is 21.4. The Morgan fingerprint density at radius 2 is 1.32 bits per heavy atom. The summed E-state index contributed by atoms with van der Waals surface area (Å²) in [5.74, 6) is 1.10. The lowest BCUT2D eigenvalue weighted by Gasteiger charge is -2.40. The van der Waals surface area contributed by atoms with Gasteiger partial charge in [0.1, 0.15) is 17.5 Å². The van der Waals surface area contributed by atoms with E-state index >= 15 is 0 Å². The Morgan fingerprint density at radius 3 is 1.90 bits per heavy atom. The summed E-state index contributed by atoms with van der Waals surface area (Å²) in [6.45, 7) is 5.04. The molecule has 0 saturated carbocycles. The van der Waals surface area contributed by atoms with E-state index in [0.29, 0.717) is 0 Å². The zero-order valence-corrected chi connectivity index (χ0v) is 17.1. The monoisotopic (exact) mass is 420 g/mol. The number of anilines is 1. The van der Waals surface area contributed by atoms with Crippen molar-refractivity contribution in [3.63, 3.8) is 0 Å². The van der Waals surface area contributed by atoms with Gasteiger partial charge in [-0.3, -0.25) is 4.90 Å². The van der Waals surface area contributed by atoms with Crippen LogP contribution in [0.4, 0.5) is 14.6 Å². The van der Waals surface area contributed by atoms with Gasteiger partial charge in [0.25, 0.3) is 0 Å². The molecule has 0 unspecified atom stereocenters. The minimum absolute atomic E-state index is 0.0705. The topological polar surface area (TPSA) is 49.6 Å². The van der Waals surface area contributed by atoms with Crippen LogP contribution in [0.2, 0.25) is 0 Å². The molecule has 1 aliphatic heterocycles. The number of hydrogen-bond acceptors (Lipinski definition) is 5. The fraction of sp³-hybridized carbons (Fsp3) is 0.261. The molecular formula is C23H22F2N6. The molecule has 158 valence electrons. The first-order valence-electron chi connectivity index (χ1n) is 10.3. The number of aromatic nitrogens is 4. The van der Waals surface area contributed by atoms with E-state index in [4.69, 9.17) is 0 Å². The van der Waals surface area contributed by atoms with E-state index in [1.54, 1.807) is 28.8 Å². The number of piperazine rings is 1. The highest BCUT2D eigenvalue weighted by molar-refractivity contribution is 5.46. The van der Waals surface area contributed by atoms with Gasteiger partial charge in [-0.2, -0.15) is 4.52 Å². The minimum Gasteiger partial charge on any atom is -0.353 e. The first kappa shape index (κ1) is 19.6. The van der Waals surface area contributed by atoms with Crippen LogP contribution in [0.3, 0.4) is 0 Å². The van der Waals surface area contributed by atoms with E-state index in [1.165, 1.54) is 24.3 Å². The van der Waals surface area contributed by atoms with Crippen molar-refractivity contribution in [2.45, 2.75) is 13.0 Å². The maximum atomic E-state index is 13.5. The lowest BCUT2D eigenvalue weighted by Crippen LogP contribution is -2.48. The SMILES string of the molecule is Cc1nnc2ccc(N3CCN(C(c4ccc(F)cc4)c4ccc(F)cc4)CC3)nn12. The van der Waals surface area contributed by atoms with Crippen molar-refractivity contribution < 1.29 is 8.78 Å². The molecule has 0 radical (unpaired) electrons. The average molecular weight is 420 g/mol. The highest BCUT2D eigenvalue weighted by atomic mass is 19.1. The maximum absolute atomic E-state index is 13.5. The van der Waals surface area contributed by atoms with Crippen molar-refractivity contribution in [3.05, 3.63) is 89.2 Å². The second-order valence-corrected chi connectivity index (χ2v) is 7.74. The van der Waals surface area contributed by atoms with Crippen LogP contribution in [0.5, 0.6) is 0 Å². The summed E-state index contributed by atoms with van der Waals surface area (Å²) >= 11 is 0. The van der Waals surface area contributed by atoms with Gasteiger partial charge in [-0.15, -0.1) is 15.3 Å². The van der Waals surface area contributed by atoms with Gasteiger partial charge in [-0.25, -0.2) is 8.78 Å². The lowest BCUT2D eigenvalue weighted by molar-refractivity contribution is 0.211. The predicted octanol–water partition coefficient (Wildman–Crippen LogP) is 3.62. The second-order valence-electron chi connectivity index (χ2n) is 7.74. The number of hydrogen-bond donors (Lipinski definition) is 0. The third kappa shape index (κ3) is 3.86. The largest absolute Gasteiger partial charge is 0.353 e. The van der Waals surface area contributed by atoms with Gasteiger partial charge in [-0.05, 0) is 54.4 Å². The third-order valence-electron chi connectivity index (χ3n) is 5.78. The third-order valence-corrected chi connectivity index (χ3v) is 5.78. The number of nitrogens with zero attached hydrogens (tertiary/aromatic N) is 6. The molecule has 8 heteroatoms. The molecule has 1 aliphatic rings. The van der Waals surface area contributed by atoms with E-state index < -0.39 is 0 Å². The number of rotatable bonds is 4. The van der Waals surface area contributed by atoms with Gasteiger partial charge < -0.3 is 4.90 Å². The minimum atomic E-state index is -0.267. The van der Waals surface area contributed by atoms with Gasteiger partial charge >= 0.3 is 0 Å². The van der Waals surface area contributed by atoms with Crippen LogP contribution < -0.4 is 4.90 Å². The molecular weight excluding hydrogens is 398 g/mol. The Balaban J connectivity index is 1.39. The van der Waals surface area contributed by atoms with Crippen LogP contribution in [0.25, 0.3) is 5.65 Å². The first-order valence-corrected chi connectivity index (χ1v) is 10.3. The Morgan fingerprint density at radius 1 is 0.742 bits per heavy atom. The van der Waals surface area contributed by atoms with Crippen LogP contribution in [-0.4, -0.2) is 50.9 Å². The van der Waals surface area contributed by atoms with Gasteiger partial charge in [0, 0.05) is 26.2 Å². The fourth-order valence-electron chi connectivity index (χ4n) is 4.17. The van der Waals surface area contributed by atoms with Gasteiger partial charge in [-0.1, -0.05) is 24.3 Å². The second kappa shape index (κ2) is 8.03. The molecule has 31 heavy (non-hydrogen) atoms. The molecule has 2 aromatic heterocycles. The van der Waals surface area contributed by atoms with E-state index in [1.807, 2.05) is 19.1 Å². The zero-order valence-electron chi connectivity index (χ0n) is 17.1. The summed E-state index contributed by atoms with van der Waals surface area (Å²) in [4.78, 5) is 4.58. The van der Waals surface area contributed by atoms with E-state index in [2.05, 4.69) is 25.1 Å². The van der Waals surface area contributed by atoms with E-state index in [9.17, 15) is 8.78 Å². The Bertz CT molecular complexity index is 1140. The summed E-state index contributed by atoms with van der Waals surface area (Å²) in [6.07, 6.45) is 0. The van der Waals surface area contributed by atoms with Crippen LogP contribution >= 0.6 is 0 Å². The van der Waals surface area contributed by atoms with Crippen LogP contribution in [0.1, 0.15) is 23.0 Å². The van der Waals surface area contributed by atoms with Crippen molar-refractivity contribution >= 4 is 11.5 Å².